The van der Waals surface area contributed by atoms with Crippen molar-refractivity contribution in [3.8, 4) is 0 Å². The molecule has 0 amide bonds. The number of nitrogens with one attached hydrogen (secondary N) is 1. The number of hydrazine groups is 1. The molecule has 1 rings (SSSR count). The molecule has 5 N–H and O–H groups in total. The van der Waals surface area contributed by atoms with E-state index in [0.717, 1.165) is 37.1 Å². The van der Waals surface area contributed by atoms with E-state index in [1.807, 2.05) is 6.92 Å². The molecule has 0 fully saturated rings. The molecule has 0 aliphatic heterocycles. The maximum atomic E-state index is 6.13. The minimum absolute atomic E-state index is 0.0419. The molecule has 0 spiro atoms. The average Bonchev–Trinajstić information content (AvgIpc) is 2.50. The molecule has 5 nitrogen and oxygen atoms in total. The summed E-state index contributed by atoms with van der Waals surface area (Å²) in [6, 6.07) is 2.05. The molecule has 0 aromatic carbocycles. The lowest BCUT2D eigenvalue weighted by Crippen LogP contribution is -2.57. The van der Waals surface area contributed by atoms with E-state index in [2.05, 4.69) is 49.1 Å². The number of aromatic nitrogens is 1. The van der Waals surface area contributed by atoms with Crippen LogP contribution >= 0.6 is 0 Å². The number of nitrogens with two attached hydrogens (primary N) is 2. The van der Waals surface area contributed by atoms with Gasteiger partial charge in [0.2, 0.25) is 0 Å². The summed E-state index contributed by atoms with van der Waals surface area (Å²) in [5, 5.41) is 0. The molecule has 5 heteroatoms. The molecule has 1 aromatic heterocycles. The fraction of sp³-hybridized carbons (Fsp3) is 0.688. The molecule has 0 saturated carbocycles. The van der Waals surface area contributed by atoms with Crippen molar-refractivity contribution in [3.05, 3.63) is 23.4 Å². The highest BCUT2D eigenvalue weighted by Crippen LogP contribution is 2.38. The van der Waals surface area contributed by atoms with Gasteiger partial charge in [0, 0.05) is 17.3 Å². The Bertz CT molecular complexity index is 438. The lowest BCUT2D eigenvalue weighted by Gasteiger charge is -2.48. The second kappa shape index (κ2) is 7.73. The highest BCUT2D eigenvalue weighted by Gasteiger charge is 2.41. The van der Waals surface area contributed by atoms with E-state index in [0.29, 0.717) is 5.82 Å². The number of hydrogen-bond acceptors (Lipinski definition) is 5. The van der Waals surface area contributed by atoms with Crippen LogP contribution in [0.25, 0.3) is 0 Å². The van der Waals surface area contributed by atoms with Crippen LogP contribution in [0.4, 0.5) is 5.82 Å². The van der Waals surface area contributed by atoms with Crippen molar-refractivity contribution in [2.24, 2.45) is 5.84 Å². The van der Waals surface area contributed by atoms with Crippen molar-refractivity contribution in [3.63, 3.8) is 0 Å². The summed E-state index contributed by atoms with van der Waals surface area (Å²) in [4.78, 5) is 6.78. The number of aryl methyl sites for hydroxylation is 1. The van der Waals surface area contributed by atoms with Gasteiger partial charge in [-0.2, -0.15) is 0 Å². The molecule has 0 bridgehead atoms. The quantitative estimate of drug-likeness (QED) is 0.506. The van der Waals surface area contributed by atoms with Gasteiger partial charge in [0.15, 0.2) is 0 Å². The molecular formula is C16H31N5. The van der Waals surface area contributed by atoms with Crippen molar-refractivity contribution >= 4 is 5.82 Å². The summed E-state index contributed by atoms with van der Waals surface area (Å²) in [6.07, 6.45) is 3.78. The third kappa shape index (κ3) is 3.36. The predicted molar refractivity (Wildman–Crippen MR) is 89.7 cm³/mol. The Kier molecular flexibility index (Phi) is 6.58. The summed E-state index contributed by atoms with van der Waals surface area (Å²) < 4.78 is 0. The van der Waals surface area contributed by atoms with Gasteiger partial charge in [-0.15, -0.1) is 0 Å². The Morgan fingerprint density at radius 2 is 1.81 bits per heavy atom. The van der Waals surface area contributed by atoms with Gasteiger partial charge in [-0.1, -0.05) is 27.7 Å². The minimum atomic E-state index is -0.0676. The van der Waals surface area contributed by atoms with Gasteiger partial charge in [0.1, 0.15) is 5.82 Å². The SMILES string of the molecule is CCN(CC)C(CC)(CC)C(NN)c1cc(C)cnc1N. The van der Waals surface area contributed by atoms with Crippen molar-refractivity contribution < 1.29 is 0 Å². The second-order valence-electron chi connectivity index (χ2n) is 5.57. The van der Waals surface area contributed by atoms with Crippen molar-refractivity contribution in [1.29, 1.82) is 0 Å². The van der Waals surface area contributed by atoms with Crippen LogP contribution in [0.5, 0.6) is 0 Å². The molecule has 0 saturated heterocycles. The number of likely N-dealkylation sites (N-methyl/N-ethyl adjacent to an activating group) is 1. The molecule has 21 heavy (non-hydrogen) atoms. The topological polar surface area (TPSA) is 80.2 Å². The highest BCUT2D eigenvalue weighted by molar-refractivity contribution is 5.44. The Morgan fingerprint density at radius 1 is 1.24 bits per heavy atom. The third-order valence-electron chi connectivity index (χ3n) is 4.72. The van der Waals surface area contributed by atoms with Gasteiger partial charge in [-0.25, -0.2) is 4.98 Å². The zero-order valence-corrected chi connectivity index (χ0v) is 14.1. The molecule has 0 aliphatic carbocycles. The van der Waals surface area contributed by atoms with Crippen LogP contribution in [-0.4, -0.2) is 28.5 Å². The van der Waals surface area contributed by atoms with Crippen LogP contribution in [0.1, 0.15) is 57.7 Å². The van der Waals surface area contributed by atoms with E-state index >= 15 is 0 Å². The first-order valence-corrected chi connectivity index (χ1v) is 7.93. The van der Waals surface area contributed by atoms with E-state index in [4.69, 9.17) is 11.6 Å². The number of nitrogens with zero attached hydrogens (tertiary/aromatic N) is 2. The Hall–Kier alpha value is -1.17. The van der Waals surface area contributed by atoms with E-state index < -0.39 is 0 Å². The fourth-order valence-corrected chi connectivity index (χ4v) is 3.51. The monoisotopic (exact) mass is 293 g/mol. The normalized spacial score (nSPS) is 13.7. The first kappa shape index (κ1) is 17.9. The van der Waals surface area contributed by atoms with Crippen LogP contribution in [0.15, 0.2) is 12.3 Å². The summed E-state index contributed by atoms with van der Waals surface area (Å²) in [5.74, 6) is 6.51. The van der Waals surface area contributed by atoms with Gasteiger partial charge in [-0.3, -0.25) is 16.2 Å². The van der Waals surface area contributed by atoms with Crippen LogP contribution < -0.4 is 17.0 Å². The lowest BCUT2D eigenvalue weighted by molar-refractivity contribution is 0.0488. The Morgan fingerprint density at radius 3 is 2.24 bits per heavy atom. The van der Waals surface area contributed by atoms with Crippen LogP contribution in [-0.2, 0) is 0 Å². The number of pyridine rings is 1. The molecule has 120 valence electrons. The molecule has 0 radical (unpaired) electrons. The van der Waals surface area contributed by atoms with Gasteiger partial charge in [0.25, 0.3) is 0 Å². The molecule has 0 aliphatic rings. The van der Waals surface area contributed by atoms with E-state index in [1.54, 1.807) is 6.20 Å². The lowest BCUT2D eigenvalue weighted by atomic mass is 9.79. The highest BCUT2D eigenvalue weighted by atomic mass is 15.3. The van der Waals surface area contributed by atoms with E-state index in [9.17, 15) is 0 Å². The average molecular weight is 293 g/mol. The number of nitrogen functional groups attached to an aromatic ring is 1. The minimum Gasteiger partial charge on any atom is -0.383 e. The zero-order valence-electron chi connectivity index (χ0n) is 14.1. The maximum absolute atomic E-state index is 6.13. The molecule has 1 atom stereocenters. The van der Waals surface area contributed by atoms with Crippen LogP contribution in [0.2, 0.25) is 0 Å². The largest absolute Gasteiger partial charge is 0.383 e. The van der Waals surface area contributed by atoms with Crippen molar-refractivity contribution in [2.45, 2.75) is 59.0 Å². The number of rotatable bonds is 8. The van der Waals surface area contributed by atoms with E-state index in [-0.39, 0.29) is 11.6 Å². The van der Waals surface area contributed by atoms with Crippen LogP contribution in [0.3, 0.4) is 0 Å². The molecular weight excluding hydrogens is 262 g/mol. The summed E-state index contributed by atoms with van der Waals surface area (Å²) in [5.41, 5.74) is 11.2. The standard InChI is InChI=1S/C16H31N5/c1-6-16(7-2,21(8-3)9-4)14(20-18)13-10-12(5)11-19-15(13)17/h10-11,14,20H,6-9,18H2,1-5H3,(H2,17,19). The maximum Gasteiger partial charge on any atom is 0.128 e. The molecule has 1 unspecified atom stereocenters. The Labute approximate surface area is 129 Å². The first-order chi connectivity index (χ1) is 10.00. The van der Waals surface area contributed by atoms with Crippen LogP contribution in [0, 0.1) is 6.92 Å². The Balaban J connectivity index is 3.40. The number of hydrogen-bond donors (Lipinski definition) is 3. The summed E-state index contributed by atoms with van der Waals surface area (Å²) in [7, 11) is 0. The van der Waals surface area contributed by atoms with Crippen molar-refractivity contribution in [1.82, 2.24) is 15.3 Å². The van der Waals surface area contributed by atoms with Gasteiger partial charge in [-0.05, 0) is 44.5 Å². The summed E-state index contributed by atoms with van der Waals surface area (Å²) >= 11 is 0. The van der Waals surface area contributed by atoms with Gasteiger partial charge >= 0.3 is 0 Å². The van der Waals surface area contributed by atoms with Gasteiger partial charge in [0.05, 0.1) is 6.04 Å². The molecule has 1 aromatic rings. The summed E-state index contributed by atoms with van der Waals surface area (Å²) in [6.45, 7) is 12.8. The van der Waals surface area contributed by atoms with Gasteiger partial charge < -0.3 is 5.73 Å². The fourth-order valence-electron chi connectivity index (χ4n) is 3.51. The van der Waals surface area contributed by atoms with E-state index in [1.165, 1.54) is 0 Å². The first-order valence-electron chi connectivity index (χ1n) is 7.93. The second-order valence-corrected chi connectivity index (χ2v) is 5.57. The smallest absolute Gasteiger partial charge is 0.128 e. The zero-order chi connectivity index (χ0) is 16.0. The molecule has 1 heterocycles. The third-order valence-corrected chi connectivity index (χ3v) is 4.72. The van der Waals surface area contributed by atoms with Crippen molar-refractivity contribution in [2.75, 3.05) is 18.8 Å². The number of anilines is 1. The predicted octanol–water partition coefficient (Wildman–Crippen LogP) is 2.38.